The van der Waals surface area contributed by atoms with E-state index in [9.17, 15) is 0 Å². The lowest BCUT2D eigenvalue weighted by Gasteiger charge is -2.31. The zero-order valence-corrected chi connectivity index (χ0v) is 14.9. The zero-order chi connectivity index (χ0) is 17.2. The molecule has 0 spiro atoms. The number of anilines is 2. The van der Waals surface area contributed by atoms with Gasteiger partial charge in [-0.15, -0.1) is 10.2 Å². The van der Waals surface area contributed by atoms with Gasteiger partial charge in [0.1, 0.15) is 18.0 Å². The van der Waals surface area contributed by atoms with E-state index in [1.807, 2.05) is 25.1 Å². The Morgan fingerprint density at radius 3 is 2.68 bits per heavy atom. The Labute approximate surface area is 147 Å². The van der Waals surface area contributed by atoms with Crippen molar-refractivity contribution in [1.82, 2.24) is 25.1 Å². The number of likely N-dealkylation sites (tertiary alicyclic amines) is 1. The largest absolute Gasteiger partial charge is 0.424 e. The Hall–Kier alpha value is -2.22. The standard InChI is InChI=1S/C17H25N7O/c1-23(2)15-9-14(18-11-19-15)20-13-5-7-24(8-6-13)10-16-21-22-17(25-16)12-3-4-12/h9,11-13H,3-8,10H2,1-2H3,(H,18,19,20). The minimum atomic E-state index is 0.436. The van der Waals surface area contributed by atoms with Crippen molar-refractivity contribution in [3.05, 3.63) is 24.2 Å². The van der Waals surface area contributed by atoms with Gasteiger partial charge in [-0.3, -0.25) is 4.90 Å². The molecule has 0 radical (unpaired) electrons. The van der Waals surface area contributed by atoms with Crippen molar-refractivity contribution >= 4 is 11.6 Å². The van der Waals surface area contributed by atoms with E-state index in [-0.39, 0.29) is 0 Å². The summed E-state index contributed by atoms with van der Waals surface area (Å²) in [6, 6.07) is 2.43. The van der Waals surface area contributed by atoms with Gasteiger partial charge in [-0.05, 0) is 25.7 Å². The van der Waals surface area contributed by atoms with Crippen molar-refractivity contribution in [2.45, 2.75) is 44.2 Å². The highest BCUT2D eigenvalue weighted by molar-refractivity contribution is 5.47. The van der Waals surface area contributed by atoms with Crippen LogP contribution in [0.5, 0.6) is 0 Å². The van der Waals surface area contributed by atoms with Gasteiger partial charge in [0.2, 0.25) is 11.8 Å². The second kappa shape index (κ2) is 6.95. The van der Waals surface area contributed by atoms with Crippen LogP contribution in [0.25, 0.3) is 0 Å². The van der Waals surface area contributed by atoms with E-state index < -0.39 is 0 Å². The summed E-state index contributed by atoms with van der Waals surface area (Å²) in [5.41, 5.74) is 0. The summed E-state index contributed by atoms with van der Waals surface area (Å²) in [7, 11) is 3.97. The van der Waals surface area contributed by atoms with E-state index in [1.165, 1.54) is 12.8 Å². The van der Waals surface area contributed by atoms with Crippen molar-refractivity contribution in [2.75, 3.05) is 37.4 Å². The molecule has 8 heteroatoms. The third-order valence-electron chi connectivity index (χ3n) is 4.82. The average molecular weight is 343 g/mol. The molecule has 8 nitrogen and oxygen atoms in total. The SMILES string of the molecule is CN(C)c1cc(NC2CCN(Cc3nnc(C4CC4)o3)CC2)ncn1. The highest BCUT2D eigenvalue weighted by atomic mass is 16.4. The van der Waals surface area contributed by atoms with Crippen LogP contribution in [-0.2, 0) is 6.54 Å². The van der Waals surface area contributed by atoms with Crippen molar-refractivity contribution < 1.29 is 4.42 Å². The Bertz CT molecular complexity index is 705. The lowest BCUT2D eigenvalue weighted by Crippen LogP contribution is -2.38. The summed E-state index contributed by atoms with van der Waals surface area (Å²) in [5.74, 6) is 3.91. The van der Waals surface area contributed by atoms with Gasteiger partial charge in [0.15, 0.2) is 0 Å². The van der Waals surface area contributed by atoms with Gasteiger partial charge in [0, 0.05) is 45.2 Å². The van der Waals surface area contributed by atoms with Gasteiger partial charge >= 0.3 is 0 Å². The molecule has 1 aliphatic carbocycles. The maximum atomic E-state index is 5.77. The number of piperidine rings is 1. The quantitative estimate of drug-likeness (QED) is 0.851. The number of nitrogens with one attached hydrogen (secondary N) is 1. The molecule has 1 saturated carbocycles. The topological polar surface area (TPSA) is 83.2 Å². The van der Waals surface area contributed by atoms with Crippen LogP contribution in [0, 0.1) is 0 Å². The first kappa shape index (κ1) is 16.3. The number of hydrogen-bond acceptors (Lipinski definition) is 8. The summed E-state index contributed by atoms with van der Waals surface area (Å²) < 4.78 is 5.77. The molecule has 0 aromatic carbocycles. The number of nitrogens with zero attached hydrogens (tertiary/aromatic N) is 6. The maximum Gasteiger partial charge on any atom is 0.230 e. The van der Waals surface area contributed by atoms with Gasteiger partial charge in [0.05, 0.1) is 6.54 Å². The minimum Gasteiger partial charge on any atom is -0.424 e. The van der Waals surface area contributed by atoms with Crippen LogP contribution in [0.3, 0.4) is 0 Å². The Kier molecular flexibility index (Phi) is 4.52. The lowest BCUT2D eigenvalue weighted by molar-refractivity contribution is 0.192. The summed E-state index contributed by atoms with van der Waals surface area (Å²) in [5, 5.41) is 11.9. The van der Waals surface area contributed by atoms with Crippen LogP contribution in [0.4, 0.5) is 11.6 Å². The Morgan fingerprint density at radius 1 is 1.16 bits per heavy atom. The molecule has 3 heterocycles. The van der Waals surface area contributed by atoms with E-state index in [1.54, 1.807) is 6.33 Å². The van der Waals surface area contributed by atoms with E-state index in [0.29, 0.717) is 12.0 Å². The summed E-state index contributed by atoms with van der Waals surface area (Å²) in [6.07, 6.45) is 6.14. The van der Waals surface area contributed by atoms with Crippen LogP contribution in [0.1, 0.15) is 43.4 Å². The summed E-state index contributed by atoms with van der Waals surface area (Å²) >= 11 is 0. The molecular formula is C17H25N7O. The molecule has 0 bridgehead atoms. The molecule has 0 atom stereocenters. The molecule has 1 saturated heterocycles. The molecular weight excluding hydrogens is 318 g/mol. The van der Waals surface area contributed by atoms with E-state index in [2.05, 4.69) is 30.4 Å². The van der Waals surface area contributed by atoms with Gasteiger partial charge in [-0.2, -0.15) is 0 Å². The molecule has 2 aromatic heterocycles. The molecule has 0 unspecified atom stereocenters. The molecule has 1 aliphatic heterocycles. The molecule has 2 fully saturated rings. The number of rotatable bonds is 6. The molecule has 0 amide bonds. The molecule has 25 heavy (non-hydrogen) atoms. The predicted molar refractivity (Wildman–Crippen MR) is 94.6 cm³/mol. The predicted octanol–water partition coefficient (Wildman–Crippen LogP) is 1.88. The second-order valence-electron chi connectivity index (χ2n) is 7.16. The molecule has 1 N–H and O–H groups in total. The van der Waals surface area contributed by atoms with Crippen LogP contribution in [-0.4, -0.2) is 58.3 Å². The van der Waals surface area contributed by atoms with Crippen LogP contribution >= 0.6 is 0 Å². The molecule has 2 aliphatic rings. The second-order valence-corrected chi connectivity index (χ2v) is 7.16. The van der Waals surface area contributed by atoms with Crippen molar-refractivity contribution in [2.24, 2.45) is 0 Å². The van der Waals surface area contributed by atoms with E-state index in [4.69, 9.17) is 4.42 Å². The third kappa shape index (κ3) is 4.07. The van der Waals surface area contributed by atoms with Crippen molar-refractivity contribution in [3.8, 4) is 0 Å². The highest BCUT2D eigenvalue weighted by Gasteiger charge is 2.30. The Balaban J connectivity index is 1.27. The maximum absolute atomic E-state index is 5.77. The van der Waals surface area contributed by atoms with E-state index in [0.717, 1.165) is 55.9 Å². The smallest absolute Gasteiger partial charge is 0.230 e. The summed E-state index contributed by atoms with van der Waals surface area (Å²) in [4.78, 5) is 12.9. The minimum absolute atomic E-state index is 0.436. The van der Waals surface area contributed by atoms with Gasteiger partial charge in [0.25, 0.3) is 0 Å². The fourth-order valence-corrected chi connectivity index (χ4v) is 3.13. The first-order chi connectivity index (χ1) is 12.2. The molecule has 2 aromatic rings. The average Bonchev–Trinajstić information content (AvgIpc) is 3.37. The van der Waals surface area contributed by atoms with Crippen LogP contribution < -0.4 is 10.2 Å². The normalized spacial score (nSPS) is 19.1. The van der Waals surface area contributed by atoms with Crippen molar-refractivity contribution in [3.63, 3.8) is 0 Å². The summed E-state index contributed by atoms with van der Waals surface area (Å²) in [6.45, 7) is 2.79. The fourth-order valence-electron chi connectivity index (χ4n) is 3.13. The third-order valence-corrected chi connectivity index (χ3v) is 4.82. The Morgan fingerprint density at radius 2 is 1.96 bits per heavy atom. The number of aromatic nitrogens is 4. The number of hydrogen-bond donors (Lipinski definition) is 1. The van der Waals surface area contributed by atoms with Gasteiger partial charge in [-0.25, -0.2) is 9.97 Å². The van der Waals surface area contributed by atoms with E-state index >= 15 is 0 Å². The molecule has 134 valence electrons. The first-order valence-corrected chi connectivity index (χ1v) is 8.98. The first-order valence-electron chi connectivity index (χ1n) is 8.98. The van der Waals surface area contributed by atoms with Crippen LogP contribution in [0.15, 0.2) is 16.8 Å². The molecule has 4 rings (SSSR count). The lowest BCUT2D eigenvalue weighted by atomic mass is 10.1. The van der Waals surface area contributed by atoms with Crippen molar-refractivity contribution in [1.29, 1.82) is 0 Å². The van der Waals surface area contributed by atoms with Gasteiger partial charge in [-0.1, -0.05) is 0 Å². The fraction of sp³-hybridized carbons (Fsp3) is 0.647. The zero-order valence-electron chi connectivity index (χ0n) is 14.9. The highest BCUT2D eigenvalue weighted by Crippen LogP contribution is 2.39. The van der Waals surface area contributed by atoms with Crippen LogP contribution in [0.2, 0.25) is 0 Å². The monoisotopic (exact) mass is 343 g/mol. The van der Waals surface area contributed by atoms with Gasteiger partial charge < -0.3 is 14.6 Å².